The van der Waals surface area contributed by atoms with Crippen molar-refractivity contribution in [1.82, 2.24) is 0 Å². The van der Waals surface area contributed by atoms with E-state index in [1.807, 2.05) is 6.92 Å². The third-order valence-corrected chi connectivity index (χ3v) is 3.93. The van der Waals surface area contributed by atoms with Crippen LogP contribution in [0.5, 0.6) is 11.5 Å². The van der Waals surface area contributed by atoms with Crippen LogP contribution in [0.2, 0.25) is 0 Å². The fraction of sp³-hybridized carbons (Fsp3) is 0.143. The van der Waals surface area contributed by atoms with Crippen molar-refractivity contribution in [3.8, 4) is 33.8 Å². The molecule has 0 radical (unpaired) electrons. The van der Waals surface area contributed by atoms with Gasteiger partial charge in [-0.3, -0.25) is 0 Å². The van der Waals surface area contributed by atoms with Gasteiger partial charge in [0, 0.05) is 5.56 Å². The highest BCUT2D eigenvalue weighted by atomic mass is 19.3. The quantitative estimate of drug-likeness (QED) is 0.470. The van der Waals surface area contributed by atoms with Crippen LogP contribution in [0.15, 0.2) is 60.7 Å². The largest absolute Gasteiger partial charge is 0.494 e. The van der Waals surface area contributed by atoms with Crippen LogP contribution in [0.1, 0.15) is 6.92 Å². The van der Waals surface area contributed by atoms with E-state index in [1.165, 1.54) is 12.1 Å². The SMILES string of the molecule is CCOc1ccc(-c2ccc(-c3ccc(OC(F)F)c(F)c3)cc2F)cc1. The molecule has 0 aliphatic rings. The Morgan fingerprint density at radius 2 is 1.37 bits per heavy atom. The van der Waals surface area contributed by atoms with Gasteiger partial charge in [0.1, 0.15) is 11.6 Å². The van der Waals surface area contributed by atoms with Gasteiger partial charge in [0.15, 0.2) is 11.6 Å². The van der Waals surface area contributed by atoms with Crippen molar-refractivity contribution >= 4 is 0 Å². The zero-order valence-electron chi connectivity index (χ0n) is 14.4. The Balaban J connectivity index is 1.87. The average Bonchev–Trinajstić information content (AvgIpc) is 2.64. The molecule has 0 bridgehead atoms. The van der Waals surface area contributed by atoms with E-state index in [1.54, 1.807) is 36.4 Å². The van der Waals surface area contributed by atoms with E-state index in [4.69, 9.17) is 4.74 Å². The van der Waals surface area contributed by atoms with Crippen LogP contribution in [-0.2, 0) is 0 Å². The maximum atomic E-state index is 14.6. The molecular formula is C21H16F4O2. The summed E-state index contributed by atoms with van der Waals surface area (Å²) in [5, 5.41) is 0. The predicted molar refractivity (Wildman–Crippen MR) is 95.0 cm³/mol. The van der Waals surface area contributed by atoms with E-state index in [2.05, 4.69) is 4.74 Å². The standard InChI is InChI=1S/C21H16F4O2/c1-2-26-16-7-3-13(4-8-16)17-9-5-14(11-18(17)22)15-6-10-20(19(23)12-15)27-21(24)25/h3-12,21H,2H2,1H3. The van der Waals surface area contributed by atoms with Crippen molar-refractivity contribution in [2.75, 3.05) is 6.61 Å². The first kappa shape index (κ1) is 18.8. The highest BCUT2D eigenvalue weighted by molar-refractivity contribution is 5.71. The minimum Gasteiger partial charge on any atom is -0.494 e. The van der Waals surface area contributed by atoms with Crippen LogP contribution >= 0.6 is 0 Å². The molecule has 0 amide bonds. The Morgan fingerprint density at radius 1 is 0.778 bits per heavy atom. The zero-order chi connectivity index (χ0) is 19.4. The molecule has 0 aliphatic carbocycles. The Hall–Kier alpha value is -3.02. The van der Waals surface area contributed by atoms with Gasteiger partial charge in [-0.1, -0.05) is 30.3 Å². The molecule has 27 heavy (non-hydrogen) atoms. The van der Waals surface area contributed by atoms with Crippen molar-refractivity contribution < 1.29 is 27.0 Å². The molecule has 3 rings (SSSR count). The molecule has 0 N–H and O–H groups in total. The summed E-state index contributed by atoms with van der Waals surface area (Å²) in [4.78, 5) is 0. The van der Waals surface area contributed by atoms with E-state index in [0.29, 0.717) is 34.6 Å². The number of ether oxygens (including phenoxy) is 2. The lowest BCUT2D eigenvalue weighted by Gasteiger charge is -2.10. The van der Waals surface area contributed by atoms with Crippen LogP contribution in [0, 0.1) is 11.6 Å². The summed E-state index contributed by atoms with van der Waals surface area (Å²) in [7, 11) is 0. The predicted octanol–water partition coefficient (Wildman–Crippen LogP) is 6.30. The van der Waals surface area contributed by atoms with E-state index in [0.717, 1.165) is 12.1 Å². The highest BCUT2D eigenvalue weighted by Gasteiger charge is 2.13. The fourth-order valence-electron chi connectivity index (χ4n) is 2.70. The molecule has 0 fully saturated rings. The number of benzene rings is 3. The summed E-state index contributed by atoms with van der Waals surface area (Å²) in [5.74, 6) is -1.28. The Bertz CT molecular complexity index is 924. The van der Waals surface area contributed by atoms with Gasteiger partial charge in [-0.05, 0) is 53.9 Å². The van der Waals surface area contributed by atoms with Crippen LogP contribution in [0.4, 0.5) is 17.6 Å². The van der Waals surface area contributed by atoms with Gasteiger partial charge in [0.05, 0.1) is 6.61 Å². The monoisotopic (exact) mass is 376 g/mol. The lowest BCUT2D eigenvalue weighted by Crippen LogP contribution is -2.03. The third kappa shape index (κ3) is 4.39. The molecular weight excluding hydrogens is 360 g/mol. The molecule has 140 valence electrons. The maximum Gasteiger partial charge on any atom is 0.387 e. The molecule has 0 saturated carbocycles. The second-order valence-electron chi connectivity index (χ2n) is 5.68. The van der Waals surface area contributed by atoms with Crippen molar-refractivity contribution in [3.63, 3.8) is 0 Å². The van der Waals surface area contributed by atoms with Gasteiger partial charge < -0.3 is 9.47 Å². The van der Waals surface area contributed by atoms with Crippen LogP contribution in [-0.4, -0.2) is 13.2 Å². The summed E-state index contributed by atoms with van der Waals surface area (Å²) >= 11 is 0. The number of rotatable bonds is 6. The number of halogens is 4. The Labute approximate surface area is 154 Å². The van der Waals surface area contributed by atoms with E-state index in [-0.39, 0.29) is 0 Å². The smallest absolute Gasteiger partial charge is 0.387 e. The van der Waals surface area contributed by atoms with Crippen molar-refractivity contribution in [1.29, 1.82) is 0 Å². The highest BCUT2D eigenvalue weighted by Crippen LogP contribution is 2.31. The van der Waals surface area contributed by atoms with Crippen molar-refractivity contribution in [3.05, 3.63) is 72.3 Å². The maximum absolute atomic E-state index is 14.6. The summed E-state index contributed by atoms with van der Waals surface area (Å²) in [6.07, 6.45) is 0. The molecule has 2 nitrogen and oxygen atoms in total. The zero-order valence-corrected chi connectivity index (χ0v) is 14.4. The molecule has 0 saturated heterocycles. The second kappa shape index (κ2) is 8.12. The third-order valence-electron chi connectivity index (χ3n) is 3.93. The molecule has 0 unspecified atom stereocenters. The van der Waals surface area contributed by atoms with Gasteiger partial charge in [-0.2, -0.15) is 8.78 Å². The Morgan fingerprint density at radius 3 is 1.93 bits per heavy atom. The normalized spacial score (nSPS) is 10.9. The first-order chi connectivity index (χ1) is 13.0. The molecule has 3 aromatic carbocycles. The topological polar surface area (TPSA) is 18.5 Å². The van der Waals surface area contributed by atoms with Crippen LogP contribution < -0.4 is 9.47 Å². The fourth-order valence-corrected chi connectivity index (χ4v) is 2.70. The van der Waals surface area contributed by atoms with E-state index in [9.17, 15) is 17.6 Å². The lowest BCUT2D eigenvalue weighted by atomic mass is 9.99. The number of hydrogen-bond acceptors (Lipinski definition) is 2. The average molecular weight is 376 g/mol. The summed E-state index contributed by atoms with van der Waals surface area (Å²) in [6, 6.07) is 15.0. The molecule has 0 aromatic heterocycles. The molecule has 0 heterocycles. The second-order valence-corrected chi connectivity index (χ2v) is 5.68. The molecule has 0 spiro atoms. The molecule has 6 heteroatoms. The lowest BCUT2D eigenvalue weighted by molar-refractivity contribution is -0.0521. The summed E-state index contributed by atoms with van der Waals surface area (Å²) in [5.41, 5.74) is 1.84. The van der Waals surface area contributed by atoms with E-state index >= 15 is 0 Å². The van der Waals surface area contributed by atoms with Crippen LogP contribution in [0.25, 0.3) is 22.3 Å². The summed E-state index contributed by atoms with van der Waals surface area (Å²) in [6.45, 7) is -0.697. The van der Waals surface area contributed by atoms with Crippen molar-refractivity contribution in [2.45, 2.75) is 13.5 Å². The first-order valence-corrected chi connectivity index (χ1v) is 8.25. The number of alkyl halides is 2. The van der Waals surface area contributed by atoms with Gasteiger partial charge >= 0.3 is 6.61 Å². The minimum absolute atomic E-state index is 0.353. The first-order valence-electron chi connectivity index (χ1n) is 8.25. The van der Waals surface area contributed by atoms with Crippen molar-refractivity contribution in [2.24, 2.45) is 0 Å². The van der Waals surface area contributed by atoms with Gasteiger partial charge in [0.2, 0.25) is 0 Å². The van der Waals surface area contributed by atoms with Crippen LogP contribution in [0.3, 0.4) is 0 Å². The molecule has 0 aliphatic heterocycles. The van der Waals surface area contributed by atoms with Gasteiger partial charge in [-0.15, -0.1) is 0 Å². The number of hydrogen-bond donors (Lipinski definition) is 0. The Kier molecular flexibility index (Phi) is 5.64. The molecule has 3 aromatic rings. The molecule has 0 atom stereocenters. The summed E-state index contributed by atoms with van der Waals surface area (Å²) < 4.78 is 62.3. The van der Waals surface area contributed by atoms with Gasteiger partial charge in [-0.25, -0.2) is 8.78 Å². The van der Waals surface area contributed by atoms with Gasteiger partial charge in [0.25, 0.3) is 0 Å². The minimum atomic E-state index is -3.11. The van der Waals surface area contributed by atoms with E-state index < -0.39 is 24.0 Å².